The van der Waals surface area contributed by atoms with Gasteiger partial charge in [-0.15, -0.1) is 0 Å². The number of aryl methyl sites for hydroxylation is 1. The van der Waals surface area contributed by atoms with Crippen LogP contribution in [-0.2, 0) is 7.05 Å². The lowest BCUT2D eigenvalue weighted by Crippen LogP contribution is -2.16. The van der Waals surface area contributed by atoms with Gasteiger partial charge >= 0.3 is 0 Å². The summed E-state index contributed by atoms with van der Waals surface area (Å²) < 4.78 is 1.76. The van der Waals surface area contributed by atoms with Crippen LogP contribution in [0, 0.1) is 0 Å². The number of hydrogen-bond acceptors (Lipinski definition) is 2. The molecule has 1 aromatic carbocycles. The Morgan fingerprint density at radius 2 is 2.11 bits per heavy atom. The van der Waals surface area contributed by atoms with Crippen molar-refractivity contribution < 1.29 is 4.79 Å². The number of para-hydroxylation sites is 2. The Labute approximate surface area is 103 Å². The van der Waals surface area contributed by atoms with E-state index in [9.17, 15) is 4.79 Å². The Hall–Kier alpha value is -2.56. The Morgan fingerprint density at radius 1 is 1.28 bits per heavy atom. The molecule has 3 aromatic rings. The second kappa shape index (κ2) is 4.03. The van der Waals surface area contributed by atoms with E-state index in [2.05, 4.69) is 15.3 Å². The van der Waals surface area contributed by atoms with Crippen LogP contribution in [0.15, 0.2) is 42.6 Å². The predicted octanol–water partition coefficient (Wildman–Crippen LogP) is 2.15. The molecule has 0 spiro atoms. The highest BCUT2D eigenvalue weighted by molar-refractivity contribution is 6.02. The van der Waals surface area contributed by atoms with Gasteiger partial charge in [0.2, 0.25) is 5.95 Å². The highest BCUT2D eigenvalue weighted by atomic mass is 16.2. The summed E-state index contributed by atoms with van der Waals surface area (Å²) in [5.74, 6) is 0.281. The number of anilines is 1. The summed E-state index contributed by atoms with van der Waals surface area (Å²) >= 11 is 0. The molecule has 5 nitrogen and oxygen atoms in total. The van der Waals surface area contributed by atoms with Gasteiger partial charge in [0.1, 0.15) is 5.69 Å². The molecule has 0 saturated carbocycles. The third-order valence-electron chi connectivity index (χ3n) is 2.80. The van der Waals surface area contributed by atoms with Gasteiger partial charge in [-0.05, 0) is 24.3 Å². The molecule has 0 radical (unpaired) electrons. The molecule has 3 rings (SSSR count). The van der Waals surface area contributed by atoms with Crippen molar-refractivity contribution in [1.82, 2.24) is 14.5 Å². The quantitative estimate of drug-likeness (QED) is 0.721. The van der Waals surface area contributed by atoms with Crippen LogP contribution in [0.5, 0.6) is 0 Å². The van der Waals surface area contributed by atoms with Gasteiger partial charge in [0, 0.05) is 13.2 Å². The predicted molar refractivity (Wildman–Crippen MR) is 69.5 cm³/mol. The standard InChI is InChI=1S/C13H12N4O/c1-17-8-4-7-11(17)12(18)16-13-14-9-5-2-3-6-10(9)15-13/h2-8H,1H3,(H2,14,15,16,18). The average Bonchev–Trinajstić information content (AvgIpc) is 2.94. The second-order valence-corrected chi connectivity index (χ2v) is 4.06. The van der Waals surface area contributed by atoms with Crippen LogP contribution in [0.1, 0.15) is 10.5 Å². The number of hydrogen-bond donors (Lipinski definition) is 2. The van der Waals surface area contributed by atoms with Crippen molar-refractivity contribution in [3.05, 3.63) is 48.3 Å². The maximum absolute atomic E-state index is 12.0. The number of imidazole rings is 1. The van der Waals surface area contributed by atoms with Gasteiger partial charge in [0.25, 0.3) is 5.91 Å². The lowest BCUT2D eigenvalue weighted by Gasteiger charge is -2.02. The summed E-state index contributed by atoms with van der Waals surface area (Å²) in [5, 5.41) is 2.75. The number of H-pyrrole nitrogens is 1. The number of carbonyl (C=O) groups excluding carboxylic acids is 1. The maximum atomic E-state index is 12.0. The molecule has 0 aliphatic carbocycles. The maximum Gasteiger partial charge on any atom is 0.274 e. The molecule has 0 fully saturated rings. The minimum absolute atomic E-state index is 0.179. The molecular weight excluding hydrogens is 228 g/mol. The molecule has 0 atom stereocenters. The van der Waals surface area contributed by atoms with Crippen molar-refractivity contribution in [2.24, 2.45) is 7.05 Å². The van der Waals surface area contributed by atoms with Crippen LogP contribution < -0.4 is 5.32 Å². The first kappa shape index (κ1) is 10.6. The van der Waals surface area contributed by atoms with E-state index >= 15 is 0 Å². The van der Waals surface area contributed by atoms with Gasteiger partial charge in [-0.3, -0.25) is 10.1 Å². The Kier molecular flexibility index (Phi) is 2.37. The van der Waals surface area contributed by atoms with Gasteiger partial charge < -0.3 is 9.55 Å². The Bertz CT molecular complexity index is 677. The van der Waals surface area contributed by atoms with Crippen molar-refractivity contribution >= 4 is 22.9 Å². The number of amides is 1. The van der Waals surface area contributed by atoms with Gasteiger partial charge in [0.15, 0.2) is 0 Å². The van der Waals surface area contributed by atoms with E-state index in [1.807, 2.05) is 43.6 Å². The van der Waals surface area contributed by atoms with Crippen molar-refractivity contribution in [1.29, 1.82) is 0 Å². The zero-order chi connectivity index (χ0) is 12.5. The number of carbonyl (C=O) groups is 1. The smallest absolute Gasteiger partial charge is 0.274 e. The summed E-state index contributed by atoms with van der Waals surface area (Å²) in [7, 11) is 1.83. The number of rotatable bonds is 2. The number of fused-ring (bicyclic) bond motifs is 1. The topological polar surface area (TPSA) is 62.7 Å². The van der Waals surface area contributed by atoms with Crippen LogP contribution >= 0.6 is 0 Å². The summed E-state index contributed by atoms with van der Waals surface area (Å²) in [6.45, 7) is 0. The van der Waals surface area contributed by atoms with Gasteiger partial charge in [-0.25, -0.2) is 4.98 Å². The van der Waals surface area contributed by atoms with E-state index in [1.54, 1.807) is 10.6 Å². The molecule has 2 aromatic heterocycles. The molecule has 0 aliphatic rings. The van der Waals surface area contributed by atoms with Crippen LogP contribution in [0.2, 0.25) is 0 Å². The molecule has 2 N–H and O–H groups in total. The third-order valence-corrected chi connectivity index (χ3v) is 2.80. The van der Waals surface area contributed by atoms with Gasteiger partial charge in [-0.1, -0.05) is 12.1 Å². The first-order chi connectivity index (χ1) is 8.74. The van der Waals surface area contributed by atoms with Crippen molar-refractivity contribution in [2.75, 3.05) is 5.32 Å². The molecule has 90 valence electrons. The number of nitrogens with one attached hydrogen (secondary N) is 2. The molecule has 2 heterocycles. The van der Waals surface area contributed by atoms with Gasteiger partial charge in [0.05, 0.1) is 11.0 Å². The first-order valence-electron chi connectivity index (χ1n) is 5.61. The lowest BCUT2D eigenvalue weighted by molar-refractivity contribution is 0.101. The van der Waals surface area contributed by atoms with Crippen LogP contribution in [0.25, 0.3) is 11.0 Å². The van der Waals surface area contributed by atoms with E-state index in [1.165, 1.54) is 0 Å². The fourth-order valence-corrected chi connectivity index (χ4v) is 1.88. The number of benzene rings is 1. The zero-order valence-electron chi connectivity index (χ0n) is 9.84. The molecule has 18 heavy (non-hydrogen) atoms. The third kappa shape index (κ3) is 1.75. The van der Waals surface area contributed by atoms with Gasteiger partial charge in [-0.2, -0.15) is 0 Å². The van der Waals surface area contributed by atoms with E-state index in [4.69, 9.17) is 0 Å². The fraction of sp³-hybridized carbons (Fsp3) is 0.0769. The van der Waals surface area contributed by atoms with Crippen LogP contribution in [-0.4, -0.2) is 20.4 Å². The highest BCUT2D eigenvalue weighted by Crippen LogP contribution is 2.14. The molecular formula is C13H12N4O. The molecule has 0 saturated heterocycles. The van der Waals surface area contributed by atoms with E-state index < -0.39 is 0 Å². The Morgan fingerprint density at radius 3 is 2.83 bits per heavy atom. The Balaban J connectivity index is 1.88. The number of aromatic nitrogens is 3. The lowest BCUT2D eigenvalue weighted by atomic mass is 10.3. The van der Waals surface area contributed by atoms with Crippen LogP contribution in [0.3, 0.4) is 0 Å². The fourth-order valence-electron chi connectivity index (χ4n) is 1.88. The SMILES string of the molecule is Cn1cccc1C(=O)Nc1nc2ccccc2[nH]1. The summed E-state index contributed by atoms with van der Waals surface area (Å²) in [6.07, 6.45) is 1.83. The monoisotopic (exact) mass is 240 g/mol. The summed E-state index contributed by atoms with van der Waals surface area (Å²) in [5.41, 5.74) is 2.33. The van der Waals surface area contributed by atoms with Crippen LogP contribution in [0.4, 0.5) is 5.95 Å². The minimum Gasteiger partial charge on any atom is -0.347 e. The van der Waals surface area contributed by atoms with Crippen molar-refractivity contribution in [3.63, 3.8) is 0 Å². The normalized spacial score (nSPS) is 10.7. The largest absolute Gasteiger partial charge is 0.347 e. The zero-order valence-corrected chi connectivity index (χ0v) is 9.84. The van der Waals surface area contributed by atoms with Crippen molar-refractivity contribution in [3.8, 4) is 0 Å². The molecule has 0 unspecified atom stereocenters. The van der Waals surface area contributed by atoms with E-state index in [0.717, 1.165) is 11.0 Å². The molecule has 5 heteroatoms. The van der Waals surface area contributed by atoms with E-state index in [0.29, 0.717) is 11.6 Å². The molecule has 0 aliphatic heterocycles. The number of nitrogens with zero attached hydrogens (tertiary/aromatic N) is 2. The number of aromatic amines is 1. The summed E-state index contributed by atoms with van der Waals surface area (Å²) in [6, 6.07) is 11.2. The highest BCUT2D eigenvalue weighted by Gasteiger charge is 2.11. The minimum atomic E-state index is -0.179. The van der Waals surface area contributed by atoms with E-state index in [-0.39, 0.29) is 5.91 Å². The second-order valence-electron chi connectivity index (χ2n) is 4.06. The van der Waals surface area contributed by atoms with Crippen molar-refractivity contribution in [2.45, 2.75) is 0 Å². The average molecular weight is 240 g/mol. The summed E-state index contributed by atoms with van der Waals surface area (Å²) in [4.78, 5) is 19.3. The molecule has 1 amide bonds. The first-order valence-corrected chi connectivity index (χ1v) is 5.61. The molecule has 0 bridgehead atoms.